The van der Waals surface area contributed by atoms with Gasteiger partial charge in [0.2, 0.25) is 5.91 Å². The molecule has 0 saturated carbocycles. The maximum Gasteiger partial charge on any atom is 0.249 e. The number of H-pyrrole nitrogens is 1. The molecule has 0 aliphatic heterocycles. The molecule has 1 aromatic heterocycles. The van der Waals surface area contributed by atoms with Crippen LogP contribution in [0.25, 0.3) is 21.8 Å². The Bertz CT molecular complexity index is 1510. The zero-order valence-electron chi connectivity index (χ0n) is 22.9. The van der Waals surface area contributed by atoms with E-state index in [0.717, 1.165) is 59.6 Å². The van der Waals surface area contributed by atoms with Crippen LogP contribution < -0.4 is 21.2 Å². The van der Waals surface area contributed by atoms with Crippen molar-refractivity contribution in [1.82, 2.24) is 14.8 Å². The summed E-state index contributed by atoms with van der Waals surface area (Å²) in [5.74, 6) is 0.161. The Morgan fingerprint density at radius 1 is 0.921 bits per heavy atom. The van der Waals surface area contributed by atoms with Gasteiger partial charge in [-0.1, -0.05) is 18.2 Å². The number of ether oxygens (including phenoxy) is 1. The molecule has 8 heteroatoms. The molecule has 0 unspecified atom stereocenters. The van der Waals surface area contributed by atoms with Crippen LogP contribution in [0, 0.1) is 0 Å². The van der Waals surface area contributed by atoms with E-state index in [9.17, 15) is 9.59 Å². The predicted molar refractivity (Wildman–Crippen MR) is 155 cm³/mol. The van der Waals surface area contributed by atoms with E-state index in [1.54, 1.807) is 19.2 Å². The number of pyridine rings is 1. The maximum absolute atomic E-state index is 14.0. The van der Waals surface area contributed by atoms with Crippen molar-refractivity contribution < 1.29 is 9.53 Å². The van der Waals surface area contributed by atoms with Gasteiger partial charge in [-0.2, -0.15) is 0 Å². The van der Waals surface area contributed by atoms with Gasteiger partial charge in [-0.3, -0.25) is 9.59 Å². The van der Waals surface area contributed by atoms with Crippen LogP contribution >= 0.6 is 0 Å². The second-order valence-electron chi connectivity index (χ2n) is 10.2. The molecule has 3 aromatic carbocycles. The van der Waals surface area contributed by atoms with Gasteiger partial charge in [-0.05, 0) is 88.1 Å². The number of hydrogen-bond acceptors (Lipinski definition) is 6. The van der Waals surface area contributed by atoms with E-state index in [4.69, 9.17) is 10.5 Å². The smallest absolute Gasteiger partial charge is 0.249 e. The third kappa shape index (κ3) is 5.98. The summed E-state index contributed by atoms with van der Waals surface area (Å²) in [5.41, 5.74) is 11.1. The van der Waals surface area contributed by atoms with Crippen molar-refractivity contribution in [2.24, 2.45) is 5.73 Å². The lowest BCUT2D eigenvalue weighted by atomic mass is 9.97. The Kier molecular flexibility index (Phi) is 8.34. The molecule has 0 aliphatic carbocycles. The SMILES string of the molecule is COc1ccc(CNc2ccc(C(N)=O)c3c(=O)c4cc(CCN(C)C)cc(CCN(C)C)c4[nH]c23)cc1. The zero-order valence-corrected chi connectivity index (χ0v) is 22.9. The first-order valence-corrected chi connectivity index (χ1v) is 12.8. The number of hydrogen-bond donors (Lipinski definition) is 3. The monoisotopic (exact) mass is 515 g/mol. The molecule has 4 aromatic rings. The highest BCUT2D eigenvalue weighted by Gasteiger charge is 2.18. The number of nitrogens with zero attached hydrogens (tertiary/aromatic N) is 2. The fraction of sp³-hybridized carbons (Fsp3) is 0.333. The zero-order chi connectivity index (χ0) is 27.4. The average Bonchev–Trinajstić information content (AvgIpc) is 2.89. The second kappa shape index (κ2) is 11.7. The number of amides is 1. The quantitative estimate of drug-likeness (QED) is 0.264. The van der Waals surface area contributed by atoms with Gasteiger partial charge in [0.05, 0.1) is 34.8 Å². The van der Waals surface area contributed by atoms with E-state index in [1.807, 2.05) is 58.5 Å². The number of anilines is 1. The number of nitrogens with two attached hydrogens (primary N) is 1. The fourth-order valence-corrected chi connectivity index (χ4v) is 4.65. The van der Waals surface area contributed by atoms with Crippen molar-refractivity contribution in [2.45, 2.75) is 19.4 Å². The lowest BCUT2D eigenvalue weighted by molar-refractivity contribution is 0.100. The number of rotatable bonds is 11. The van der Waals surface area contributed by atoms with Gasteiger partial charge in [0.15, 0.2) is 5.43 Å². The van der Waals surface area contributed by atoms with Crippen molar-refractivity contribution in [1.29, 1.82) is 0 Å². The first-order chi connectivity index (χ1) is 18.2. The van der Waals surface area contributed by atoms with E-state index in [1.165, 1.54) is 0 Å². The lowest BCUT2D eigenvalue weighted by Gasteiger charge is -2.17. The third-order valence-electron chi connectivity index (χ3n) is 6.79. The second-order valence-corrected chi connectivity index (χ2v) is 10.2. The van der Waals surface area contributed by atoms with Gasteiger partial charge in [0.25, 0.3) is 0 Å². The summed E-state index contributed by atoms with van der Waals surface area (Å²) in [4.78, 5) is 34.2. The summed E-state index contributed by atoms with van der Waals surface area (Å²) in [5, 5.41) is 4.33. The maximum atomic E-state index is 14.0. The van der Waals surface area contributed by atoms with E-state index < -0.39 is 5.91 Å². The Morgan fingerprint density at radius 2 is 1.61 bits per heavy atom. The Morgan fingerprint density at radius 3 is 2.24 bits per heavy atom. The largest absolute Gasteiger partial charge is 0.497 e. The number of nitrogens with one attached hydrogen (secondary N) is 2. The molecule has 38 heavy (non-hydrogen) atoms. The highest BCUT2D eigenvalue weighted by Crippen LogP contribution is 2.28. The minimum absolute atomic E-state index is 0.187. The van der Waals surface area contributed by atoms with Crippen LogP contribution in [0.15, 0.2) is 53.3 Å². The molecule has 200 valence electrons. The summed E-state index contributed by atoms with van der Waals surface area (Å²) in [6, 6.07) is 15.4. The van der Waals surface area contributed by atoms with E-state index in [0.29, 0.717) is 22.8 Å². The molecule has 0 radical (unpaired) electrons. The van der Waals surface area contributed by atoms with Gasteiger partial charge in [-0.15, -0.1) is 0 Å². The van der Waals surface area contributed by atoms with Gasteiger partial charge >= 0.3 is 0 Å². The fourth-order valence-electron chi connectivity index (χ4n) is 4.65. The van der Waals surface area contributed by atoms with Crippen LogP contribution in [-0.2, 0) is 19.4 Å². The van der Waals surface area contributed by atoms with E-state index >= 15 is 0 Å². The molecule has 0 saturated heterocycles. The molecule has 0 bridgehead atoms. The summed E-state index contributed by atoms with van der Waals surface area (Å²) < 4.78 is 5.25. The molecule has 4 N–H and O–H groups in total. The summed E-state index contributed by atoms with van der Waals surface area (Å²) >= 11 is 0. The first-order valence-electron chi connectivity index (χ1n) is 12.8. The summed E-state index contributed by atoms with van der Waals surface area (Å²) in [7, 11) is 9.79. The van der Waals surface area contributed by atoms with Crippen molar-refractivity contribution in [3.8, 4) is 5.75 Å². The Hall–Kier alpha value is -3.88. The molecule has 1 amide bonds. The Balaban J connectivity index is 1.88. The number of aromatic amines is 1. The third-order valence-corrected chi connectivity index (χ3v) is 6.79. The van der Waals surface area contributed by atoms with E-state index in [2.05, 4.69) is 26.2 Å². The normalized spacial score (nSPS) is 11.6. The topological polar surface area (TPSA) is 104 Å². The van der Waals surface area contributed by atoms with Crippen molar-refractivity contribution in [3.63, 3.8) is 0 Å². The Labute approximate surface area is 223 Å². The van der Waals surface area contributed by atoms with Crippen LogP contribution in [0.3, 0.4) is 0 Å². The van der Waals surface area contributed by atoms with Crippen molar-refractivity contribution in [2.75, 3.05) is 53.7 Å². The number of aromatic nitrogens is 1. The van der Waals surface area contributed by atoms with Gasteiger partial charge in [-0.25, -0.2) is 0 Å². The van der Waals surface area contributed by atoms with E-state index in [-0.39, 0.29) is 11.0 Å². The first kappa shape index (κ1) is 27.2. The van der Waals surface area contributed by atoms with Crippen molar-refractivity contribution >= 4 is 33.4 Å². The van der Waals surface area contributed by atoms with Crippen LogP contribution in [-0.4, -0.2) is 69.1 Å². The van der Waals surface area contributed by atoms with Gasteiger partial charge in [0, 0.05) is 25.0 Å². The minimum Gasteiger partial charge on any atom is -0.497 e. The number of fused-ring (bicyclic) bond motifs is 2. The van der Waals surface area contributed by atoms with Crippen LogP contribution in [0.4, 0.5) is 5.69 Å². The molecule has 0 fully saturated rings. The number of carbonyl (C=O) groups excluding carboxylic acids is 1. The number of benzene rings is 3. The molecular formula is C30H37N5O3. The minimum atomic E-state index is -0.627. The van der Waals surface area contributed by atoms with Gasteiger partial charge < -0.3 is 30.6 Å². The molecule has 1 heterocycles. The molecule has 0 aliphatic rings. The average molecular weight is 516 g/mol. The molecule has 0 spiro atoms. The van der Waals surface area contributed by atoms with Crippen LogP contribution in [0.1, 0.15) is 27.0 Å². The van der Waals surface area contributed by atoms with Crippen LogP contribution in [0.5, 0.6) is 5.75 Å². The molecule has 4 rings (SSSR count). The van der Waals surface area contributed by atoms with Crippen molar-refractivity contribution in [3.05, 3.63) is 81.0 Å². The summed E-state index contributed by atoms with van der Waals surface area (Å²) in [6.45, 7) is 2.25. The number of primary amides is 1. The highest BCUT2D eigenvalue weighted by atomic mass is 16.5. The standard InChI is InChI=1S/C30H37N5O3/c1-34(2)14-12-20-16-21(13-15-35(3)4)27-24(17-20)29(36)26-23(30(31)37)10-11-25(28(26)33-27)32-18-19-6-8-22(38-5)9-7-19/h6-11,16-17,32H,12-15,18H2,1-5H3,(H2,31,37)(H,33,36). The molecular weight excluding hydrogens is 478 g/mol. The number of likely N-dealkylation sites (N-methyl/N-ethyl adjacent to an activating group) is 2. The number of methoxy groups -OCH3 is 1. The predicted octanol–water partition coefficient (Wildman–Crippen LogP) is 3.61. The van der Waals surface area contributed by atoms with Crippen LogP contribution in [0.2, 0.25) is 0 Å². The highest BCUT2D eigenvalue weighted by molar-refractivity contribution is 6.11. The van der Waals surface area contributed by atoms with Gasteiger partial charge in [0.1, 0.15) is 5.75 Å². The number of carbonyl (C=O) groups is 1. The molecule has 8 nitrogen and oxygen atoms in total. The molecule has 0 atom stereocenters. The lowest BCUT2D eigenvalue weighted by Crippen LogP contribution is -2.19. The summed E-state index contributed by atoms with van der Waals surface area (Å²) in [6.07, 6.45) is 1.60.